The number of hydrogen-bond acceptors (Lipinski definition) is 4. The number of benzene rings is 1. The first-order valence-corrected chi connectivity index (χ1v) is 10.4. The molecule has 5 heteroatoms. The maximum absolute atomic E-state index is 11.7. The fourth-order valence-corrected chi connectivity index (χ4v) is 6.44. The van der Waals surface area contributed by atoms with E-state index in [0.717, 1.165) is 49.6 Å². The van der Waals surface area contributed by atoms with E-state index >= 15 is 0 Å². The van der Waals surface area contributed by atoms with Crippen molar-refractivity contribution in [2.45, 2.75) is 24.9 Å². The van der Waals surface area contributed by atoms with E-state index < -0.39 is 0 Å². The number of carbonyl (C=O) groups excluding carboxylic acids is 1. The summed E-state index contributed by atoms with van der Waals surface area (Å²) in [5.74, 6) is 3.03. The number of methoxy groups -OCH3 is 1. The molecule has 0 aromatic heterocycles. The van der Waals surface area contributed by atoms with Crippen molar-refractivity contribution in [1.82, 2.24) is 4.90 Å². The standard InChI is InChI=1S/C22H30N2O3/c1-26-22(15-5-2-4-14(8-15)21(23)25)16-6-3-7-17(22)10-24(9-16)11-18-19-12-27-13-20(18)19/h2,4-5,8,16-20H,3,6-7,9-13H2,1H3,(H2,23,25)/t16?,17?,18-,19+,20-,22?. The minimum absolute atomic E-state index is 0.289. The SMILES string of the molecule is COC1(c2cccc(C(N)=O)c2)C2CCCC1CN(C[C@@H]1[C@@H]3COC[C@@H]31)C2. The van der Waals surface area contributed by atoms with Crippen LogP contribution in [0.2, 0.25) is 0 Å². The Hall–Kier alpha value is -1.43. The lowest BCUT2D eigenvalue weighted by atomic mass is 9.62. The van der Waals surface area contributed by atoms with Crippen molar-refractivity contribution in [3.05, 3.63) is 35.4 Å². The Morgan fingerprint density at radius 2 is 1.96 bits per heavy atom. The van der Waals surface area contributed by atoms with Gasteiger partial charge in [-0.2, -0.15) is 0 Å². The molecule has 146 valence electrons. The van der Waals surface area contributed by atoms with Crippen LogP contribution >= 0.6 is 0 Å². The van der Waals surface area contributed by atoms with Crippen molar-refractivity contribution in [3.8, 4) is 0 Å². The van der Waals surface area contributed by atoms with Crippen molar-refractivity contribution in [2.24, 2.45) is 35.3 Å². The Bertz CT molecular complexity index is 712. The number of amides is 1. The average molecular weight is 370 g/mol. The molecule has 0 radical (unpaired) electrons. The average Bonchev–Trinajstić information content (AvgIpc) is 3.08. The first-order chi connectivity index (χ1) is 13.1. The normalized spacial score (nSPS) is 40.6. The van der Waals surface area contributed by atoms with E-state index in [9.17, 15) is 4.79 Å². The summed E-state index contributed by atoms with van der Waals surface area (Å²) in [5, 5.41) is 0. The molecule has 2 N–H and O–H groups in total. The molecule has 27 heavy (non-hydrogen) atoms. The molecule has 2 saturated heterocycles. The van der Waals surface area contributed by atoms with Gasteiger partial charge in [0.2, 0.25) is 5.91 Å². The van der Waals surface area contributed by atoms with Gasteiger partial charge in [-0.05, 0) is 48.3 Å². The van der Waals surface area contributed by atoms with Crippen LogP contribution in [0.25, 0.3) is 0 Å². The molecule has 5 rings (SSSR count). The van der Waals surface area contributed by atoms with E-state index in [-0.39, 0.29) is 11.5 Å². The lowest BCUT2D eigenvalue weighted by Crippen LogP contribution is -2.59. The second-order valence-corrected chi connectivity index (χ2v) is 9.01. The van der Waals surface area contributed by atoms with Gasteiger partial charge in [0.1, 0.15) is 5.60 Å². The molecule has 2 aliphatic heterocycles. The minimum Gasteiger partial charge on any atom is -0.381 e. The highest BCUT2D eigenvalue weighted by Gasteiger charge is 2.57. The second kappa shape index (κ2) is 6.57. The summed E-state index contributed by atoms with van der Waals surface area (Å²) in [4.78, 5) is 14.4. The van der Waals surface area contributed by atoms with Gasteiger partial charge in [-0.3, -0.25) is 4.79 Å². The highest BCUT2D eigenvalue weighted by Crippen LogP contribution is 2.54. The van der Waals surface area contributed by atoms with Gasteiger partial charge < -0.3 is 20.1 Å². The van der Waals surface area contributed by atoms with E-state index in [1.54, 1.807) is 6.07 Å². The van der Waals surface area contributed by atoms with Crippen LogP contribution in [-0.4, -0.2) is 50.8 Å². The van der Waals surface area contributed by atoms with Crippen molar-refractivity contribution in [2.75, 3.05) is 40.0 Å². The summed E-state index contributed by atoms with van der Waals surface area (Å²) in [6, 6.07) is 7.84. The summed E-state index contributed by atoms with van der Waals surface area (Å²) < 4.78 is 11.9. The fraction of sp³-hybridized carbons (Fsp3) is 0.682. The molecule has 5 atom stereocenters. The van der Waals surface area contributed by atoms with Crippen molar-refractivity contribution in [3.63, 3.8) is 0 Å². The third-order valence-electron chi connectivity index (χ3n) is 7.81. The van der Waals surface area contributed by atoms with Gasteiger partial charge in [0.25, 0.3) is 0 Å². The van der Waals surface area contributed by atoms with Gasteiger partial charge in [0.05, 0.1) is 13.2 Å². The van der Waals surface area contributed by atoms with Crippen molar-refractivity contribution >= 4 is 5.91 Å². The quantitative estimate of drug-likeness (QED) is 0.863. The zero-order valence-corrected chi connectivity index (χ0v) is 16.1. The third kappa shape index (κ3) is 2.74. The van der Waals surface area contributed by atoms with E-state index in [4.69, 9.17) is 15.2 Å². The van der Waals surface area contributed by atoms with Crippen LogP contribution in [0.5, 0.6) is 0 Å². The molecular weight excluding hydrogens is 340 g/mol. The summed E-state index contributed by atoms with van der Waals surface area (Å²) in [7, 11) is 1.85. The monoisotopic (exact) mass is 370 g/mol. The summed E-state index contributed by atoms with van der Waals surface area (Å²) in [6.07, 6.45) is 3.64. The third-order valence-corrected chi connectivity index (χ3v) is 7.81. The number of rotatable bonds is 5. The molecule has 1 aromatic rings. The fourth-order valence-electron chi connectivity index (χ4n) is 6.44. The summed E-state index contributed by atoms with van der Waals surface area (Å²) in [6.45, 7) is 5.33. The Kier molecular flexibility index (Phi) is 4.30. The van der Waals surface area contributed by atoms with Crippen molar-refractivity contribution < 1.29 is 14.3 Å². The summed E-state index contributed by atoms with van der Waals surface area (Å²) in [5.41, 5.74) is 6.96. The molecule has 2 aliphatic carbocycles. The van der Waals surface area contributed by atoms with Crippen LogP contribution < -0.4 is 5.73 Å². The first-order valence-electron chi connectivity index (χ1n) is 10.4. The predicted molar refractivity (Wildman–Crippen MR) is 102 cm³/mol. The molecule has 4 aliphatic rings. The van der Waals surface area contributed by atoms with E-state index in [1.165, 1.54) is 25.8 Å². The Balaban J connectivity index is 1.40. The van der Waals surface area contributed by atoms with E-state index in [0.29, 0.717) is 17.4 Å². The molecule has 4 fully saturated rings. The number of likely N-dealkylation sites (tertiary alicyclic amines) is 1. The van der Waals surface area contributed by atoms with Crippen LogP contribution in [-0.2, 0) is 15.1 Å². The van der Waals surface area contributed by atoms with Gasteiger partial charge in [-0.15, -0.1) is 0 Å². The first kappa shape index (κ1) is 17.7. The van der Waals surface area contributed by atoms with Gasteiger partial charge in [0.15, 0.2) is 0 Å². The van der Waals surface area contributed by atoms with Crippen LogP contribution in [0.15, 0.2) is 24.3 Å². The largest absolute Gasteiger partial charge is 0.381 e. The molecule has 2 saturated carbocycles. The Morgan fingerprint density at radius 3 is 2.59 bits per heavy atom. The van der Waals surface area contributed by atoms with E-state index in [2.05, 4.69) is 11.0 Å². The Labute approximate surface area is 161 Å². The molecule has 5 nitrogen and oxygen atoms in total. The number of nitrogens with zero attached hydrogens (tertiary/aromatic N) is 1. The topological polar surface area (TPSA) is 64.8 Å². The highest BCUT2D eigenvalue weighted by molar-refractivity contribution is 5.92. The maximum Gasteiger partial charge on any atom is 0.248 e. The number of hydrogen-bond donors (Lipinski definition) is 1. The van der Waals surface area contributed by atoms with Gasteiger partial charge in [-0.1, -0.05) is 18.6 Å². The van der Waals surface area contributed by atoms with Crippen LogP contribution in [0.4, 0.5) is 0 Å². The van der Waals surface area contributed by atoms with Crippen LogP contribution in [0.3, 0.4) is 0 Å². The number of nitrogens with two attached hydrogens (primary N) is 1. The zero-order valence-electron chi connectivity index (χ0n) is 16.1. The second-order valence-electron chi connectivity index (χ2n) is 9.01. The van der Waals surface area contributed by atoms with Gasteiger partial charge >= 0.3 is 0 Å². The molecule has 2 unspecified atom stereocenters. The lowest BCUT2D eigenvalue weighted by molar-refractivity contribution is -0.169. The van der Waals surface area contributed by atoms with E-state index in [1.807, 2.05) is 19.2 Å². The number of primary amides is 1. The molecular formula is C22H30N2O3. The van der Waals surface area contributed by atoms with Gasteiger partial charge in [-0.25, -0.2) is 0 Å². The molecule has 1 aromatic carbocycles. The molecule has 2 heterocycles. The zero-order chi connectivity index (χ0) is 18.6. The smallest absolute Gasteiger partial charge is 0.248 e. The number of piperidine rings is 1. The molecule has 0 spiro atoms. The molecule has 2 bridgehead atoms. The summed E-state index contributed by atoms with van der Waals surface area (Å²) >= 11 is 0. The number of carbonyl (C=O) groups is 1. The molecule has 1 amide bonds. The number of fused-ring (bicyclic) bond motifs is 3. The maximum atomic E-state index is 11.7. The van der Waals surface area contributed by atoms with Crippen LogP contribution in [0, 0.1) is 29.6 Å². The Morgan fingerprint density at radius 1 is 1.26 bits per heavy atom. The predicted octanol–water partition coefficient (Wildman–Crippen LogP) is 2.25. The van der Waals surface area contributed by atoms with Gasteiger partial charge in [0, 0.05) is 44.1 Å². The number of ether oxygens (including phenoxy) is 2. The highest BCUT2D eigenvalue weighted by atomic mass is 16.5. The van der Waals surface area contributed by atoms with Crippen molar-refractivity contribution in [1.29, 1.82) is 0 Å². The minimum atomic E-state index is -0.367. The van der Waals surface area contributed by atoms with Crippen LogP contribution in [0.1, 0.15) is 35.2 Å². The lowest BCUT2D eigenvalue weighted by Gasteiger charge is -2.55.